The third-order valence-electron chi connectivity index (χ3n) is 2.73. The molecule has 0 bridgehead atoms. The van der Waals surface area contributed by atoms with Crippen molar-refractivity contribution in [3.05, 3.63) is 30.1 Å². The molecule has 0 saturated carbocycles. The van der Waals surface area contributed by atoms with Gasteiger partial charge >= 0.3 is 0 Å². The van der Waals surface area contributed by atoms with E-state index < -0.39 is 0 Å². The second-order valence-electron chi connectivity index (χ2n) is 3.66. The van der Waals surface area contributed by atoms with Crippen molar-refractivity contribution in [2.45, 2.75) is 25.8 Å². The Hall–Kier alpha value is -1.38. The second-order valence-corrected chi connectivity index (χ2v) is 3.66. The first-order chi connectivity index (χ1) is 6.79. The molecule has 0 aromatic carbocycles. The lowest BCUT2D eigenvalue weighted by atomic mass is 10.1. The predicted octanol–water partition coefficient (Wildman–Crippen LogP) is 1.77. The van der Waals surface area contributed by atoms with Crippen LogP contribution < -0.4 is 0 Å². The number of aromatic nitrogens is 1. The van der Waals surface area contributed by atoms with Crippen LogP contribution >= 0.6 is 0 Å². The first kappa shape index (κ1) is 9.19. The molecule has 1 aromatic heterocycles. The highest BCUT2D eigenvalue weighted by molar-refractivity contribution is 5.74. The fraction of sp³-hybridized carbons (Fsp3) is 0.455. The maximum absolute atomic E-state index is 11.3. The molecule has 74 valence electrons. The number of likely N-dealkylation sites (tertiary alicyclic amines) is 1. The fourth-order valence-electron chi connectivity index (χ4n) is 2.06. The molecule has 0 aliphatic carbocycles. The summed E-state index contributed by atoms with van der Waals surface area (Å²) in [5, 5.41) is 0. The first-order valence-corrected chi connectivity index (χ1v) is 4.96. The Labute approximate surface area is 83.8 Å². The summed E-state index contributed by atoms with van der Waals surface area (Å²) in [6.07, 6.45) is 5.77. The van der Waals surface area contributed by atoms with E-state index in [0.717, 1.165) is 24.9 Å². The molecule has 1 fully saturated rings. The SMILES string of the molecule is CC(=O)N1CCC[C@@H]1c1cccnc1. The Balaban J connectivity index is 2.22. The van der Waals surface area contributed by atoms with Crippen molar-refractivity contribution >= 4 is 5.91 Å². The molecule has 1 aliphatic heterocycles. The van der Waals surface area contributed by atoms with E-state index in [1.165, 1.54) is 0 Å². The average Bonchev–Trinajstić information content (AvgIpc) is 2.67. The summed E-state index contributed by atoms with van der Waals surface area (Å²) in [6.45, 7) is 2.52. The maximum atomic E-state index is 11.3. The Morgan fingerprint density at radius 1 is 1.64 bits per heavy atom. The number of carbonyl (C=O) groups excluding carboxylic acids is 1. The molecule has 0 unspecified atom stereocenters. The lowest BCUT2D eigenvalue weighted by molar-refractivity contribution is -0.129. The van der Waals surface area contributed by atoms with Gasteiger partial charge in [-0.1, -0.05) is 6.07 Å². The summed E-state index contributed by atoms with van der Waals surface area (Å²) in [4.78, 5) is 17.3. The lowest BCUT2D eigenvalue weighted by Crippen LogP contribution is -2.28. The number of hydrogen-bond donors (Lipinski definition) is 0. The zero-order valence-electron chi connectivity index (χ0n) is 8.31. The van der Waals surface area contributed by atoms with Crippen LogP contribution in [0.2, 0.25) is 0 Å². The fourth-order valence-corrected chi connectivity index (χ4v) is 2.06. The molecule has 1 saturated heterocycles. The summed E-state index contributed by atoms with van der Waals surface area (Å²) in [7, 11) is 0. The molecule has 2 heterocycles. The molecule has 0 N–H and O–H groups in total. The minimum absolute atomic E-state index is 0.163. The summed E-state index contributed by atoms with van der Waals surface area (Å²) < 4.78 is 0. The Morgan fingerprint density at radius 3 is 3.14 bits per heavy atom. The molecule has 3 heteroatoms. The largest absolute Gasteiger partial charge is 0.336 e. The predicted molar refractivity (Wildman–Crippen MR) is 53.6 cm³/mol. The van der Waals surface area contributed by atoms with Crippen LogP contribution in [0.25, 0.3) is 0 Å². The number of pyridine rings is 1. The van der Waals surface area contributed by atoms with Gasteiger partial charge < -0.3 is 4.90 Å². The summed E-state index contributed by atoms with van der Waals surface area (Å²) in [5.74, 6) is 0.163. The molecular weight excluding hydrogens is 176 g/mol. The highest BCUT2D eigenvalue weighted by Gasteiger charge is 2.27. The molecule has 1 aromatic rings. The Bertz CT molecular complexity index is 323. The van der Waals surface area contributed by atoms with Crippen LogP contribution in [0, 0.1) is 0 Å². The van der Waals surface area contributed by atoms with E-state index in [9.17, 15) is 4.79 Å². The topological polar surface area (TPSA) is 33.2 Å². The van der Waals surface area contributed by atoms with Crippen LogP contribution in [-0.2, 0) is 4.79 Å². The number of hydrogen-bond acceptors (Lipinski definition) is 2. The molecule has 1 aliphatic rings. The minimum atomic E-state index is 0.163. The van der Waals surface area contributed by atoms with Gasteiger partial charge in [-0.25, -0.2) is 0 Å². The molecule has 0 spiro atoms. The van der Waals surface area contributed by atoms with Gasteiger partial charge in [0.25, 0.3) is 0 Å². The average molecular weight is 190 g/mol. The zero-order chi connectivity index (χ0) is 9.97. The number of rotatable bonds is 1. The lowest BCUT2D eigenvalue weighted by Gasteiger charge is -2.23. The van der Waals surface area contributed by atoms with E-state index >= 15 is 0 Å². The van der Waals surface area contributed by atoms with Crippen molar-refractivity contribution in [2.75, 3.05) is 6.54 Å². The number of carbonyl (C=O) groups is 1. The van der Waals surface area contributed by atoms with Gasteiger partial charge in [-0.3, -0.25) is 9.78 Å². The molecule has 0 radical (unpaired) electrons. The van der Waals surface area contributed by atoms with Crippen molar-refractivity contribution in [1.82, 2.24) is 9.88 Å². The summed E-state index contributed by atoms with van der Waals surface area (Å²) in [5.41, 5.74) is 1.15. The van der Waals surface area contributed by atoms with Crippen LogP contribution in [0.15, 0.2) is 24.5 Å². The van der Waals surface area contributed by atoms with Crippen molar-refractivity contribution in [1.29, 1.82) is 0 Å². The van der Waals surface area contributed by atoms with Gasteiger partial charge in [-0.15, -0.1) is 0 Å². The number of amides is 1. The molecule has 3 nitrogen and oxygen atoms in total. The van der Waals surface area contributed by atoms with Gasteiger partial charge in [-0.05, 0) is 24.5 Å². The van der Waals surface area contributed by atoms with E-state index in [1.807, 2.05) is 23.2 Å². The van der Waals surface area contributed by atoms with Crippen LogP contribution in [0.1, 0.15) is 31.4 Å². The van der Waals surface area contributed by atoms with E-state index in [0.29, 0.717) is 0 Å². The summed E-state index contributed by atoms with van der Waals surface area (Å²) in [6, 6.07) is 4.21. The van der Waals surface area contributed by atoms with Crippen LogP contribution in [-0.4, -0.2) is 22.3 Å². The monoisotopic (exact) mass is 190 g/mol. The molecular formula is C11H14N2O. The van der Waals surface area contributed by atoms with Crippen LogP contribution in [0.3, 0.4) is 0 Å². The standard InChI is InChI=1S/C11H14N2O/c1-9(14)13-7-3-5-11(13)10-4-2-6-12-8-10/h2,4,6,8,11H,3,5,7H2,1H3/t11-/m1/s1. The van der Waals surface area contributed by atoms with Crippen molar-refractivity contribution < 1.29 is 4.79 Å². The van der Waals surface area contributed by atoms with Gasteiger partial charge in [0.2, 0.25) is 5.91 Å². The van der Waals surface area contributed by atoms with Gasteiger partial charge in [0.15, 0.2) is 0 Å². The highest BCUT2D eigenvalue weighted by Crippen LogP contribution is 2.30. The third kappa shape index (κ3) is 1.62. The molecule has 2 rings (SSSR count). The van der Waals surface area contributed by atoms with Gasteiger partial charge in [0.1, 0.15) is 0 Å². The van der Waals surface area contributed by atoms with Crippen molar-refractivity contribution in [2.24, 2.45) is 0 Å². The molecule has 1 amide bonds. The van der Waals surface area contributed by atoms with Gasteiger partial charge in [-0.2, -0.15) is 0 Å². The Morgan fingerprint density at radius 2 is 2.50 bits per heavy atom. The zero-order valence-corrected chi connectivity index (χ0v) is 8.31. The van der Waals surface area contributed by atoms with Crippen molar-refractivity contribution in [3.63, 3.8) is 0 Å². The van der Waals surface area contributed by atoms with E-state index in [4.69, 9.17) is 0 Å². The first-order valence-electron chi connectivity index (χ1n) is 4.96. The van der Waals surface area contributed by atoms with E-state index in [2.05, 4.69) is 4.98 Å². The third-order valence-corrected chi connectivity index (χ3v) is 2.73. The highest BCUT2D eigenvalue weighted by atomic mass is 16.2. The van der Waals surface area contributed by atoms with Crippen LogP contribution in [0.4, 0.5) is 0 Å². The summed E-state index contributed by atoms with van der Waals surface area (Å²) >= 11 is 0. The molecule has 14 heavy (non-hydrogen) atoms. The Kier molecular flexibility index (Phi) is 2.48. The minimum Gasteiger partial charge on any atom is -0.336 e. The van der Waals surface area contributed by atoms with E-state index in [-0.39, 0.29) is 11.9 Å². The van der Waals surface area contributed by atoms with Gasteiger partial charge in [0, 0.05) is 25.9 Å². The van der Waals surface area contributed by atoms with E-state index in [1.54, 1.807) is 13.1 Å². The maximum Gasteiger partial charge on any atom is 0.219 e. The van der Waals surface area contributed by atoms with Gasteiger partial charge in [0.05, 0.1) is 6.04 Å². The van der Waals surface area contributed by atoms with Crippen molar-refractivity contribution in [3.8, 4) is 0 Å². The normalized spacial score (nSPS) is 21.2. The smallest absolute Gasteiger partial charge is 0.219 e. The quantitative estimate of drug-likeness (QED) is 0.676. The second kappa shape index (κ2) is 3.78. The molecule has 1 atom stereocenters. The number of nitrogens with zero attached hydrogens (tertiary/aromatic N) is 2. The van der Waals surface area contributed by atoms with Crippen LogP contribution in [0.5, 0.6) is 0 Å².